The molecule has 0 radical (unpaired) electrons. The fourth-order valence-electron chi connectivity index (χ4n) is 1.60. The number of para-hydroxylation sites is 2. The number of aromatic amines is 1. The number of nitrogens with one attached hydrogen (secondary N) is 2. The van der Waals surface area contributed by atoms with Crippen molar-refractivity contribution >= 4 is 22.9 Å². The minimum Gasteiger partial charge on any atom is -0.325 e. The third-order valence-electron chi connectivity index (χ3n) is 2.26. The molecule has 0 saturated carbocycles. The maximum atomic E-state index is 11.7. The SMILES string of the molecule is CC(C)(N)CC(=O)Nc1nc2ccccc2[nH]1. The minimum atomic E-state index is -0.518. The number of amides is 1. The number of H-pyrrole nitrogens is 1. The maximum absolute atomic E-state index is 11.7. The number of hydrogen-bond acceptors (Lipinski definition) is 3. The van der Waals surface area contributed by atoms with Crippen LogP contribution in [-0.2, 0) is 4.79 Å². The van der Waals surface area contributed by atoms with Gasteiger partial charge in [-0.3, -0.25) is 10.1 Å². The number of hydrogen-bond donors (Lipinski definition) is 3. The second-order valence-corrected chi connectivity index (χ2v) is 4.82. The zero-order valence-corrected chi connectivity index (χ0v) is 9.95. The van der Waals surface area contributed by atoms with Gasteiger partial charge in [-0.2, -0.15) is 0 Å². The Morgan fingerprint density at radius 1 is 1.47 bits per heavy atom. The van der Waals surface area contributed by atoms with E-state index >= 15 is 0 Å². The first-order valence-corrected chi connectivity index (χ1v) is 5.47. The van der Waals surface area contributed by atoms with Gasteiger partial charge in [-0.05, 0) is 26.0 Å². The summed E-state index contributed by atoms with van der Waals surface area (Å²) in [5.41, 5.74) is 6.98. The van der Waals surface area contributed by atoms with E-state index in [-0.39, 0.29) is 12.3 Å². The quantitative estimate of drug-likeness (QED) is 0.752. The van der Waals surface area contributed by atoms with Crippen molar-refractivity contribution in [2.75, 3.05) is 5.32 Å². The number of nitrogens with two attached hydrogens (primary N) is 1. The second-order valence-electron chi connectivity index (χ2n) is 4.82. The summed E-state index contributed by atoms with van der Waals surface area (Å²) >= 11 is 0. The van der Waals surface area contributed by atoms with E-state index in [2.05, 4.69) is 15.3 Å². The molecule has 5 nitrogen and oxygen atoms in total. The van der Waals surface area contributed by atoms with Crippen LogP contribution in [0.4, 0.5) is 5.95 Å². The number of carbonyl (C=O) groups is 1. The Kier molecular flexibility index (Phi) is 2.85. The van der Waals surface area contributed by atoms with Crippen LogP contribution in [0, 0.1) is 0 Å². The van der Waals surface area contributed by atoms with Gasteiger partial charge in [-0.25, -0.2) is 4.98 Å². The summed E-state index contributed by atoms with van der Waals surface area (Å²) in [6.45, 7) is 3.62. The molecular formula is C12H16N4O. The third kappa shape index (κ3) is 3.04. The molecule has 1 aromatic carbocycles. The molecule has 0 bridgehead atoms. The molecule has 1 aromatic heterocycles. The predicted octanol–water partition coefficient (Wildman–Crippen LogP) is 1.63. The molecule has 0 aliphatic carbocycles. The van der Waals surface area contributed by atoms with Crippen molar-refractivity contribution in [2.45, 2.75) is 25.8 Å². The molecule has 0 saturated heterocycles. The van der Waals surface area contributed by atoms with Gasteiger partial charge in [0.2, 0.25) is 11.9 Å². The van der Waals surface area contributed by atoms with Gasteiger partial charge in [-0.1, -0.05) is 12.1 Å². The summed E-state index contributed by atoms with van der Waals surface area (Å²) in [4.78, 5) is 18.9. The van der Waals surface area contributed by atoms with Gasteiger partial charge in [-0.15, -0.1) is 0 Å². The molecule has 0 spiro atoms. The number of anilines is 1. The Morgan fingerprint density at radius 3 is 2.82 bits per heavy atom. The molecule has 90 valence electrons. The summed E-state index contributed by atoms with van der Waals surface area (Å²) in [5, 5.41) is 2.70. The Bertz CT molecular complexity index is 506. The maximum Gasteiger partial charge on any atom is 0.228 e. The Balaban J connectivity index is 2.11. The lowest BCUT2D eigenvalue weighted by molar-refractivity contribution is -0.117. The van der Waals surface area contributed by atoms with Crippen molar-refractivity contribution < 1.29 is 4.79 Å². The average molecular weight is 232 g/mol. The van der Waals surface area contributed by atoms with Crippen molar-refractivity contribution in [1.29, 1.82) is 0 Å². The van der Waals surface area contributed by atoms with Gasteiger partial charge in [0.05, 0.1) is 11.0 Å². The minimum absolute atomic E-state index is 0.142. The highest BCUT2D eigenvalue weighted by molar-refractivity contribution is 5.91. The smallest absolute Gasteiger partial charge is 0.228 e. The molecule has 0 atom stereocenters. The summed E-state index contributed by atoms with van der Waals surface area (Å²) in [6.07, 6.45) is 0.254. The standard InChI is InChI=1S/C12H16N4O/c1-12(2,13)7-10(17)16-11-14-8-5-3-4-6-9(8)15-11/h3-6H,7,13H2,1-2H3,(H2,14,15,16,17). The van der Waals surface area contributed by atoms with Gasteiger partial charge in [0.25, 0.3) is 0 Å². The summed E-state index contributed by atoms with van der Waals surface area (Å²) in [5.74, 6) is 0.317. The van der Waals surface area contributed by atoms with E-state index in [1.807, 2.05) is 38.1 Å². The molecule has 2 rings (SSSR count). The number of rotatable bonds is 3. The van der Waals surface area contributed by atoms with Crippen LogP contribution in [0.5, 0.6) is 0 Å². The molecular weight excluding hydrogens is 216 g/mol. The fourth-order valence-corrected chi connectivity index (χ4v) is 1.60. The Labute approximate surface area is 99.4 Å². The topological polar surface area (TPSA) is 83.8 Å². The molecule has 0 aliphatic heterocycles. The molecule has 0 fully saturated rings. The van der Waals surface area contributed by atoms with Crippen LogP contribution < -0.4 is 11.1 Å². The van der Waals surface area contributed by atoms with E-state index in [1.54, 1.807) is 0 Å². The third-order valence-corrected chi connectivity index (χ3v) is 2.26. The van der Waals surface area contributed by atoms with E-state index in [4.69, 9.17) is 5.73 Å². The van der Waals surface area contributed by atoms with Crippen molar-refractivity contribution in [1.82, 2.24) is 9.97 Å². The van der Waals surface area contributed by atoms with Gasteiger partial charge in [0, 0.05) is 12.0 Å². The van der Waals surface area contributed by atoms with Crippen molar-refractivity contribution in [3.8, 4) is 0 Å². The molecule has 0 aliphatic rings. The molecule has 1 heterocycles. The number of nitrogens with zero attached hydrogens (tertiary/aromatic N) is 1. The first kappa shape index (κ1) is 11.6. The van der Waals surface area contributed by atoms with E-state index in [1.165, 1.54) is 0 Å². The lowest BCUT2D eigenvalue weighted by Crippen LogP contribution is -2.36. The lowest BCUT2D eigenvalue weighted by atomic mass is 10.0. The van der Waals surface area contributed by atoms with Crippen LogP contribution in [0.1, 0.15) is 20.3 Å². The van der Waals surface area contributed by atoms with Gasteiger partial charge < -0.3 is 10.7 Å². The normalized spacial score (nSPS) is 11.7. The van der Waals surface area contributed by atoms with E-state index in [0.717, 1.165) is 11.0 Å². The highest BCUT2D eigenvalue weighted by Gasteiger charge is 2.17. The fraction of sp³-hybridized carbons (Fsp3) is 0.333. The highest BCUT2D eigenvalue weighted by atomic mass is 16.1. The Morgan fingerprint density at radius 2 is 2.18 bits per heavy atom. The summed E-state index contributed by atoms with van der Waals surface area (Å²) in [7, 11) is 0. The Hall–Kier alpha value is -1.88. The van der Waals surface area contributed by atoms with Crippen molar-refractivity contribution in [3.05, 3.63) is 24.3 Å². The number of benzene rings is 1. The first-order chi connectivity index (χ1) is 7.94. The van der Waals surface area contributed by atoms with E-state index in [9.17, 15) is 4.79 Å². The zero-order valence-electron chi connectivity index (χ0n) is 9.95. The van der Waals surface area contributed by atoms with Gasteiger partial charge >= 0.3 is 0 Å². The van der Waals surface area contributed by atoms with Crippen molar-refractivity contribution in [3.63, 3.8) is 0 Å². The van der Waals surface area contributed by atoms with Crippen molar-refractivity contribution in [2.24, 2.45) is 5.73 Å². The first-order valence-electron chi connectivity index (χ1n) is 5.47. The largest absolute Gasteiger partial charge is 0.325 e. The molecule has 4 N–H and O–H groups in total. The summed E-state index contributed by atoms with van der Waals surface area (Å²) in [6, 6.07) is 7.60. The average Bonchev–Trinajstić information content (AvgIpc) is 2.55. The zero-order chi connectivity index (χ0) is 12.5. The van der Waals surface area contributed by atoms with Crippen LogP contribution in [0.2, 0.25) is 0 Å². The number of fused-ring (bicyclic) bond motifs is 1. The number of carbonyl (C=O) groups excluding carboxylic acids is 1. The van der Waals surface area contributed by atoms with Crippen LogP contribution in [0.3, 0.4) is 0 Å². The monoisotopic (exact) mass is 232 g/mol. The summed E-state index contributed by atoms with van der Waals surface area (Å²) < 4.78 is 0. The highest BCUT2D eigenvalue weighted by Crippen LogP contribution is 2.14. The predicted molar refractivity (Wildman–Crippen MR) is 67.6 cm³/mol. The van der Waals surface area contributed by atoms with E-state index in [0.29, 0.717) is 5.95 Å². The molecule has 5 heteroatoms. The van der Waals surface area contributed by atoms with Gasteiger partial charge in [0.1, 0.15) is 0 Å². The van der Waals surface area contributed by atoms with Gasteiger partial charge in [0.15, 0.2) is 0 Å². The number of aromatic nitrogens is 2. The van der Waals surface area contributed by atoms with Crippen LogP contribution in [-0.4, -0.2) is 21.4 Å². The van der Waals surface area contributed by atoms with E-state index < -0.39 is 5.54 Å². The van der Waals surface area contributed by atoms with Crippen LogP contribution >= 0.6 is 0 Å². The van der Waals surface area contributed by atoms with Crippen LogP contribution in [0.15, 0.2) is 24.3 Å². The lowest BCUT2D eigenvalue weighted by Gasteiger charge is -2.16. The second kappa shape index (κ2) is 4.18. The molecule has 2 aromatic rings. The molecule has 1 amide bonds. The van der Waals surface area contributed by atoms with Crippen LogP contribution in [0.25, 0.3) is 11.0 Å². The number of imidazole rings is 1. The molecule has 17 heavy (non-hydrogen) atoms. The molecule has 0 unspecified atom stereocenters.